The van der Waals surface area contributed by atoms with Gasteiger partial charge in [-0.05, 0) is 40.7 Å². The van der Waals surface area contributed by atoms with E-state index in [9.17, 15) is 4.79 Å². The molecule has 1 aliphatic heterocycles. The van der Waals surface area contributed by atoms with Gasteiger partial charge < -0.3 is 15.4 Å². The van der Waals surface area contributed by atoms with E-state index in [1.165, 1.54) is 0 Å². The van der Waals surface area contributed by atoms with Crippen molar-refractivity contribution >= 4 is 27.5 Å². The Bertz CT molecular complexity index is 542. The van der Waals surface area contributed by atoms with Crippen LogP contribution in [0.3, 0.4) is 0 Å². The van der Waals surface area contributed by atoms with E-state index in [0.717, 1.165) is 6.54 Å². The number of benzene rings is 1. The monoisotopic (exact) mass is 337 g/mol. The lowest BCUT2D eigenvalue weighted by Crippen LogP contribution is -2.41. The van der Waals surface area contributed by atoms with Crippen LogP contribution in [0.25, 0.3) is 0 Å². The van der Waals surface area contributed by atoms with Gasteiger partial charge in [-0.3, -0.25) is 4.79 Å². The van der Waals surface area contributed by atoms with Crippen LogP contribution < -0.4 is 10.6 Å². The molecule has 1 aliphatic rings. The van der Waals surface area contributed by atoms with Crippen LogP contribution in [0, 0.1) is 17.2 Å². The van der Waals surface area contributed by atoms with Gasteiger partial charge in [-0.15, -0.1) is 0 Å². The van der Waals surface area contributed by atoms with Gasteiger partial charge >= 0.3 is 0 Å². The number of hydrogen-bond acceptors (Lipinski definition) is 4. The Morgan fingerprint density at radius 1 is 1.55 bits per heavy atom. The smallest absolute Gasteiger partial charge is 0.231 e. The number of nitriles is 1. The van der Waals surface area contributed by atoms with Crippen LogP contribution in [-0.2, 0) is 9.53 Å². The highest BCUT2D eigenvalue weighted by Gasteiger charge is 2.33. The molecule has 1 amide bonds. The van der Waals surface area contributed by atoms with E-state index in [1.54, 1.807) is 18.2 Å². The summed E-state index contributed by atoms with van der Waals surface area (Å²) in [7, 11) is 0. The predicted octanol–water partition coefficient (Wildman–Crippen LogP) is 1.88. The third-order valence-corrected chi connectivity index (χ3v) is 3.90. The molecule has 20 heavy (non-hydrogen) atoms. The van der Waals surface area contributed by atoms with E-state index in [2.05, 4.69) is 32.6 Å². The maximum absolute atomic E-state index is 12.3. The third-order valence-electron chi connectivity index (χ3n) is 3.24. The number of rotatable bonds is 4. The molecule has 5 nitrogen and oxygen atoms in total. The van der Waals surface area contributed by atoms with Crippen molar-refractivity contribution in [3.63, 3.8) is 0 Å². The molecule has 2 N–H and O–H groups in total. The molecular weight excluding hydrogens is 322 g/mol. The van der Waals surface area contributed by atoms with Gasteiger partial charge in [-0.25, -0.2) is 0 Å². The highest BCUT2D eigenvalue weighted by atomic mass is 79.9. The fourth-order valence-corrected chi connectivity index (χ4v) is 2.67. The first-order valence-electron chi connectivity index (χ1n) is 6.47. The third kappa shape index (κ3) is 3.37. The molecular formula is C14H16BrN3O2. The SMILES string of the molecule is CCNC1COCC1C(=O)Nc1ccc(C#N)cc1Br. The molecule has 0 saturated carbocycles. The molecule has 2 unspecified atom stereocenters. The number of hydrogen-bond donors (Lipinski definition) is 2. The number of ether oxygens (including phenoxy) is 1. The van der Waals surface area contributed by atoms with Crippen molar-refractivity contribution in [2.75, 3.05) is 25.1 Å². The molecule has 106 valence electrons. The second kappa shape index (κ2) is 6.84. The summed E-state index contributed by atoms with van der Waals surface area (Å²) in [6.45, 7) is 3.79. The van der Waals surface area contributed by atoms with Crippen LogP contribution >= 0.6 is 15.9 Å². The molecule has 1 fully saturated rings. The highest BCUT2D eigenvalue weighted by molar-refractivity contribution is 9.10. The number of nitrogens with zero attached hydrogens (tertiary/aromatic N) is 1. The molecule has 1 saturated heterocycles. The Hall–Kier alpha value is -1.42. The van der Waals surface area contributed by atoms with Crippen molar-refractivity contribution in [3.8, 4) is 6.07 Å². The van der Waals surface area contributed by atoms with Gasteiger partial charge in [0.25, 0.3) is 0 Å². The topological polar surface area (TPSA) is 74.2 Å². The Labute approximate surface area is 126 Å². The number of carbonyl (C=O) groups excluding carboxylic acids is 1. The summed E-state index contributed by atoms with van der Waals surface area (Å²) in [5, 5.41) is 14.9. The first-order chi connectivity index (χ1) is 9.65. The number of likely N-dealkylation sites (N-methyl/N-ethyl adjacent to an activating group) is 1. The molecule has 0 aromatic heterocycles. The van der Waals surface area contributed by atoms with Gasteiger partial charge in [0.1, 0.15) is 0 Å². The van der Waals surface area contributed by atoms with Gasteiger partial charge in [0.2, 0.25) is 5.91 Å². The number of nitrogens with one attached hydrogen (secondary N) is 2. The molecule has 1 aromatic carbocycles. The Morgan fingerprint density at radius 3 is 3.00 bits per heavy atom. The molecule has 2 atom stereocenters. The number of anilines is 1. The summed E-state index contributed by atoms with van der Waals surface area (Å²) in [5.74, 6) is -0.267. The zero-order valence-corrected chi connectivity index (χ0v) is 12.7. The minimum Gasteiger partial charge on any atom is -0.379 e. The van der Waals surface area contributed by atoms with E-state index < -0.39 is 0 Å². The van der Waals surface area contributed by atoms with Crippen LogP contribution in [0.4, 0.5) is 5.69 Å². The summed E-state index contributed by atoms with van der Waals surface area (Å²) in [6.07, 6.45) is 0. The van der Waals surface area contributed by atoms with Crippen LogP contribution in [0.2, 0.25) is 0 Å². The summed E-state index contributed by atoms with van der Waals surface area (Å²) < 4.78 is 6.07. The highest BCUT2D eigenvalue weighted by Crippen LogP contribution is 2.25. The Balaban J connectivity index is 2.06. The molecule has 2 rings (SSSR count). The van der Waals surface area contributed by atoms with Crippen LogP contribution in [0.15, 0.2) is 22.7 Å². The number of carbonyl (C=O) groups is 1. The minimum atomic E-state index is -0.197. The Kier molecular flexibility index (Phi) is 5.12. The molecule has 0 spiro atoms. The summed E-state index contributed by atoms with van der Waals surface area (Å²) in [4.78, 5) is 12.3. The summed E-state index contributed by atoms with van der Waals surface area (Å²) >= 11 is 3.36. The average molecular weight is 338 g/mol. The fraction of sp³-hybridized carbons (Fsp3) is 0.429. The lowest BCUT2D eigenvalue weighted by atomic mass is 10.0. The Morgan fingerprint density at radius 2 is 2.35 bits per heavy atom. The van der Waals surface area contributed by atoms with Crippen molar-refractivity contribution in [3.05, 3.63) is 28.2 Å². The number of amides is 1. The van der Waals surface area contributed by atoms with Crippen molar-refractivity contribution in [2.24, 2.45) is 5.92 Å². The normalized spacial score (nSPS) is 21.4. The molecule has 1 aromatic rings. The quantitative estimate of drug-likeness (QED) is 0.879. The minimum absolute atomic E-state index is 0.0529. The maximum Gasteiger partial charge on any atom is 0.231 e. The molecule has 6 heteroatoms. The van der Waals surface area contributed by atoms with E-state index in [0.29, 0.717) is 28.9 Å². The summed E-state index contributed by atoms with van der Waals surface area (Å²) in [6, 6.07) is 7.19. The van der Waals surface area contributed by atoms with Crippen LogP contribution in [-0.4, -0.2) is 31.7 Å². The average Bonchev–Trinajstić information content (AvgIpc) is 2.89. The van der Waals surface area contributed by atoms with E-state index in [4.69, 9.17) is 10.00 Å². The molecule has 0 bridgehead atoms. The van der Waals surface area contributed by atoms with E-state index >= 15 is 0 Å². The standard InChI is InChI=1S/C14H16BrN3O2/c1-2-17-13-8-20-7-10(13)14(19)18-12-4-3-9(6-16)5-11(12)15/h3-5,10,13,17H,2,7-8H2,1H3,(H,18,19). The molecule has 0 radical (unpaired) electrons. The number of halogens is 1. The largest absolute Gasteiger partial charge is 0.379 e. The summed E-state index contributed by atoms with van der Waals surface area (Å²) in [5.41, 5.74) is 1.21. The van der Waals surface area contributed by atoms with Crippen molar-refractivity contribution in [2.45, 2.75) is 13.0 Å². The van der Waals surface area contributed by atoms with Crippen LogP contribution in [0.5, 0.6) is 0 Å². The maximum atomic E-state index is 12.3. The van der Waals surface area contributed by atoms with Crippen molar-refractivity contribution in [1.82, 2.24) is 5.32 Å². The predicted molar refractivity (Wildman–Crippen MR) is 79.3 cm³/mol. The second-order valence-electron chi connectivity index (χ2n) is 4.60. The van der Waals surface area contributed by atoms with Gasteiger partial charge in [-0.1, -0.05) is 6.92 Å². The first kappa shape index (κ1) is 15.0. The second-order valence-corrected chi connectivity index (χ2v) is 5.46. The van der Waals surface area contributed by atoms with Gasteiger partial charge in [0.05, 0.1) is 36.5 Å². The zero-order chi connectivity index (χ0) is 14.5. The zero-order valence-electron chi connectivity index (χ0n) is 11.1. The van der Waals surface area contributed by atoms with Gasteiger partial charge in [0.15, 0.2) is 0 Å². The molecule has 0 aliphatic carbocycles. The van der Waals surface area contributed by atoms with E-state index in [-0.39, 0.29) is 17.9 Å². The first-order valence-corrected chi connectivity index (χ1v) is 7.26. The van der Waals surface area contributed by atoms with Gasteiger partial charge in [0, 0.05) is 10.5 Å². The van der Waals surface area contributed by atoms with Crippen molar-refractivity contribution < 1.29 is 9.53 Å². The molecule has 1 heterocycles. The van der Waals surface area contributed by atoms with E-state index in [1.807, 2.05) is 6.92 Å². The fourth-order valence-electron chi connectivity index (χ4n) is 2.19. The lowest BCUT2D eigenvalue weighted by Gasteiger charge is -2.18. The van der Waals surface area contributed by atoms with Crippen LogP contribution in [0.1, 0.15) is 12.5 Å². The van der Waals surface area contributed by atoms with Gasteiger partial charge in [-0.2, -0.15) is 5.26 Å². The van der Waals surface area contributed by atoms with Crippen molar-refractivity contribution in [1.29, 1.82) is 5.26 Å². The lowest BCUT2D eigenvalue weighted by molar-refractivity contribution is -0.120.